The van der Waals surface area contributed by atoms with E-state index in [1.165, 1.54) is 0 Å². The van der Waals surface area contributed by atoms with Crippen LogP contribution in [0, 0.1) is 0 Å². The van der Waals surface area contributed by atoms with Gasteiger partial charge < -0.3 is 14.6 Å². The summed E-state index contributed by atoms with van der Waals surface area (Å²) in [7, 11) is 1.67. The van der Waals surface area contributed by atoms with Crippen LogP contribution < -0.4 is 4.74 Å². The molecule has 2 atom stereocenters. The zero-order chi connectivity index (χ0) is 13.9. The molecule has 3 nitrogen and oxygen atoms in total. The molecule has 0 radical (unpaired) electrons. The smallest absolute Gasteiger partial charge is 0.125 e. The highest BCUT2D eigenvalue weighted by Gasteiger charge is 2.42. The SMILES string of the molecule is COC1CCCCC1(O)c1ccccc1OC(C)C. The van der Waals surface area contributed by atoms with Gasteiger partial charge in [0, 0.05) is 12.7 Å². The van der Waals surface area contributed by atoms with Crippen LogP contribution in [-0.2, 0) is 10.3 Å². The van der Waals surface area contributed by atoms with Gasteiger partial charge in [0.25, 0.3) is 0 Å². The fourth-order valence-electron chi connectivity index (χ4n) is 2.93. The molecular formula is C16H24O3. The largest absolute Gasteiger partial charge is 0.491 e. The molecule has 1 saturated carbocycles. The zero-order valence-electron chi connectivity index (χ0n) is 12.1. The summed E-state index contributed by atoms with van der Waals surface area (Å²) in [5.74, 6) is 0.768. The fourth-order valence-corrected chi connectivity index (χ4v) is 2.93. The van der Waals surface area contributed by atoms with Gasteiger partial charge in [-0.15, -0.1) is 0 Å². The summed E-state index contributed by atoms with van der Waals surface area (Å²) in [6.07, 6.45) is 3.68. The highest BCUT2D eigenvalue weighted by molar-refractivity contribution is 5.39. The number of methoxy groups -OCH3 is 1. The number of hydrogen-bond donors (Lipinski definition) is 1. The third-order valence-electron chi connectivity index (χ3n) is 3.81. The van der Waals surface area contributed by atoms with Gasteiger partial charge in [-0.3, -0.25) is 0 Å². The first-order chi connectivity index (χ1) is 9.08. The van der Waals surface area contributed by atoms with E-state index in [9.17, 15) is 5.11 Å². The van der Waals surface area contributed by atoms with Crippen LogP contribution in [0.2, 0.25) is 0 Å². The molecule has 2 unspecified atom stereocenters. The number of para-hydroxylation sites is 1. The van der Waals surface area contributed by atoms with Gasteiger partial charge in [0.2, 0.25) is 0 Å². The minimum absolute atomic E-state index is 0.0920. The third-order valence-corrected chi connectivity index (χ3v) is 3.81. The molecule has 1 aliphatic carbocycles. The van der Waals surface area contributed by atoms with Gasteiger partial charge in [0.05, 0.1) is 12.2 Å². The highest BCUT2D eigenvalue weighted by Crippen LogP contribution is 2.42. The van der Waals surface area contributed by atoms with Crippen molar-refractivity contribution >= 4 is 0 Å². The van der Waals surface area contributed by atoms with Crippen LogP contribution >= 0.6 is 0 Å². The van der Waals surface area contributed by atoms with Crippen molar-refractivity contribution in [3.63, 3.8) is 0 Å². The molecule has 0 heterocycles. The number of benzene rings is 1. The van der Waals surface area contributed by atoms with Gasteiger partial charge in [0.1, 0.15) is 11.4 Å². The average molecular weight is 264 g/mol. The van der Waals surface area contributed by atoms with Crippen molar-refractivity contribution in [3.05, 3.63) is 29.8 Å². The molecule has 0 aromatic heterocycles. The monoisotopic (exact) mass is 264 g/mol. The maximum atomic E-state index is 11.1. The number of rotatable bonds is 4. The molecule has 0 amide bonds. The fraction of sp³-hybridized carbons (Fsp3) is 0.625. The maximum Gasteiger partial charge on any atom is 0.125 e. The molecule has 2 rings (SSSR count). The van der Waals surface area contributed by atoms with Gasteiger partial charge in [0.15, 0.2) is 0 Å². The van der Waals surface area contributed by atoms with Crippen molar-refractivity contribution in [1.82, 2.24) is 0 Å². The van der Waals surface area contributed by atoms with E-state index in [0.29, 0.717) is 0 Å². The molecule has 1 aromatic carbocycles. The molecule has 1 fully saturated rings. The van der Waals surface area contributed by atoms with Gasteiger partial charge in [-0.25, -0.2) is 0 Å². The Balaban J connectivity index is 2.38. The predicted octanol–water partition coefficient (Wildman–Crippen LogP) is 3.25. The lowest BCUT2D eigenvalue weighted by Crippen LogP contribution is -2.43. The average Bonchev–Trinajstić information content (AvgIpc) is 2.39. The molecule has 106 valence electrons. The van der Waals surface area contributed by atoms with Crippen LogP contribution in [0.4, 0.5) is 0 Å². The zero-order valence-corrected chi connectivity index (χ0v) is 12.1. The van der Waals surface area contributed by atoms with Crippen LogP contribution in [0.3, 0.4) is 0 Å². The molecule has 1 aliphatic rings. The van der Waals surface area contributed by atoms with E-state index in [4.69, 9.17) is 9.47 Å². The van der Waals surface area contributed by atoms with E-state index in [-0.39, 0.29) is 12.2 Å². The molecule has 19 heavy (non-hydrogen) atoms. The van der Waals surface area contributed by atoms with Gasteiger partial charge in [-0.05, 0) is 32.8 Å². The van der Waals surface area contributed by atoms with Crippen LogP contribution in [0.1, 0.15) is 45.1 Å². The predicted molar refractivity (Wildman–Crippen MR) is 75.4 cm³/mol. The molecule has 1 N–H and O–H groups in total. The normalized spacial score (nSPS) is 27.5. The minimum Gasteiger partial charge on any atom is -0.491 e. The van der Waals surface area contributed by atoms with E-state index >= 15 is 0 Å². The van der Waals surface area contributed by atoms with Crippen molar-refractivity contribution in [1.29, 1.82) is 0 Å². The Kier molecular flexibility index (Phi) is 4.48. The van der Waals surface area contributed by atoms with Crippen LogP contribution in [0.5, 0.6) is 5.75 Å². The standard InChI is InChI=1S/C16H24O3/c1-12(2)19-14-9-5-4-8-13(14)16(17)11-7-6-10-15(16)18-3/h4-5,8-9,12,15,17H,6-7,10-11H2,1-3H3. The topological polar surface area (TPSA) is 38.7 Å². The van der Waals surface area contributed by atoms with E-state index in [1.807, 2.05) is 38.1 Å². The van der Waals surface area contributed by atoms with Crippen LogP contribution in [-0.4, -0.2) is 24.4 Å². The first-order valence-electron chi connectivity index (χ1n) is 7.09. The van der Waals surface area contributed by atoms with Gasteiger partial charge in [-0.1, -0.05) is 31.0 Å². The number of hydrogen-bond acceptors (Lipinski definition) is 3. The molecule has 0 aliphatic heterocycles. The Labute approximate surface area is 115 Å². The maximum absolute atomic E-state index is 11.1. The molecule has 3 heteroatoms. The minimum atomic E-state index is -0.932. The second-order valence-electron chi connectivity index (χ2n) is 5.56. The third kappa shape index (κ3) is 2.93. The summed E-state index contributed by atoms with van der Waals surface area (Å²) >= 11 is 0. The van der Waals surface area contributed by atoms with Crippen molar-refractivity contribution in [3.8, 4) is 5.75 Å². The lowest BCUT2D eigenvalue weighted by molar-refractivity contribution is -0.123. The summed E-state index contributed by atoms with van der Waals surface area (Å²) in [6.45, 7) is 3.99. The molecule has 0 bridgehead atoms. The summed E-state index contributed by atoms with van der Waals surface area (Å²) < 4.78 is 11.4. The van der Waals surface area contributed by atoms with E-state index < -0.39 is 5.60 Å². The van der Waals surface area contributed by atoms with Gasteiger partial charge in [-0.2, -0.15) is 0 Å². The van der Waals surface area contributed by atoms with Gasteiger partial charge >= 0.3 is 0 Å². The van der Waals surface area contributed by atoms with Crippen LogP contribution in [0.15, 0.2) is 24.3 Å². The molecule has 1 aromatic rings. The lowest BCUT2D eigenvalue weighted by Gasteiger charge is -2.40. The highest BCUT2D eigenvalue weighted by atomic mass is 16.5. The van der Waals surface area contributed by atoms with Crippen molar-refractivity contribution < 1.29 is 14.6 Å². The van der Waals surface area contributed by atoms with Crippen LogP contribution in [0.25, 0.3) is 0 Å². The Hall–Kier alpha value is -1.06. The Bertz CT molecular complexity index is 416. The van der Waals surface area contributed by atoms with Crippen molar-refractivity contribution in [2.75, 3.05) is 7.11 Å². The molecular weight excluding hydrogens is 240 g/mol. The summed E-state index contributed by atoms with van der Waals surface area (Å²) in [5, 5.41) is 11.1. The summed E-state index contributed by atoms with van der Waals surface area (Å²) in [4.78, 5) is 0. The number of aliphatic hydroxyl groups is 1. The first kappa shape index (κ1) is 14.4. The first-order valence-corrected chi connectivity index (χ1v) is 7.09. The molecule has 0 spiro atoms. The van der Waals surface area contributed by atoms with E-state index in [2.05, 4.69) is 0 Å². The second kappa shape index (κ2) is 5.93. The van der Waals surface area contributed by atoms with Crippen molar-refractivity contribution in [2.45, 2.75) is 57.3 Å². The number of ether oxygens (including phenoxy) is 2. The summed E-state index contributed by atoms with van der Waals surface area (Å²) in [6, 6.07) is 7.76. The Morgan fingerprint density at radius 3 is 2.68 bits per heavy atom. The molecule has 0 saturated heterocycles. The van der Waals surface area contributed by atoms with Crippen molar-refractivity contribution in [2.24, 2.45) is 0 Å². The van der Waals surface area contributed by atoms with E-state index in [1.54, 1.807) is 7.11 Å². The Morgan fingerprint density at radius 2 is 2.00 bits per heavy atom. The quantitative estimate of drug-likeness (QED) is 0.907. The lowest BCUT2D eigenvalue weighted by atomic mass is 9.77. The Morgan fingerprint density at radius 1 is 1.26 bits per heavy atom. The summed E-state index contributed by atoms with van der Waals surface area (Å²) in [5.41, 5.74) is -0.0753. The van der Waals surface area contributed by atoms with E-state index in [0.717, 1.165) is 37.0 Å². The second-order valence-corrected chi connectivity index (χ2v) is 5.56.